The molecule has 0 atom stereocenters. The number of hydrogen-bond donors (Lipinski definition) is 1. The van der Waals surface area contributed by atoms with Crippen molar-refractivity contribution in [1.29, 1.82) is 0 Å². The summed E-state index contributed by atoms with van der Waals surface area (Å²) in [5.41, 5.74) is 7.69. The van der Waals surface area contributed by atoms with Gasteiger partial charge in [-0.25, -0.2) is 0 Å². The molecule has 1 N–H and O–H groups in total. The Morgan fingerprint density at radius 2 is 0.833 bits per heavy atom. The zero-order valence-electron chi connectivity index (χ0n) is 26.5. The second-order valence-corrected chi connectivity index (χ2v) is 13.1. The van der Waals surface area contributed by atoms with Crippen LogP contribution in [0.1, 0.15) is 5.56 Å². The molecule has 0 aromatic heterocycles. The third-order valence-electron chi connectivity index (χ3n) is 10.4. The van der Waals surface area contributed by atoms with Gasteiger partial charge in [0.25, 0.3) is 0 Å². The van der Waals surface area contributed by atoms with Gasteiger partial charge >= 0.3 is 0 Å². The van der Waals surface area contributed by atoms with Gasteiger partial charge in [0, 0.05) is 10.9 Å². The van der Waals surface area contributed by atoms with Crippen LogP contribution < -0.4 is 0 Å². The lowest BCUT2D eigenvalue weighted by Gasteiger charge is -2.18. The van der Waals surface area contributed by atoms with Gasteiger partial charge < -0.3 is 5.11 Å². The van der Waals surface area contributed by atoms with Crippen molar-refractivity contribution in [3.8, 4) is 39.1 Å². The molecule has 10 aromatic rings. The molecule has 0 aliphatic carbocycles. The maximum Gasteiger partial charge on any atom is 0.131 e. The molecular weight excluding hydrogens is 581 g/mol. The molecule has 10 aromatic carbocycles. The maximum absolute atomic E-state index is 11.3. The van der Waals surface area contributed by atoms with Crippen LogP contribution in [-0.4, -0.2) is 5.11 Å². The Labute approximate surface area is 278 Å². The van der Waals surface area contributed by atoms with E-state index in [9.17, 15) is 5.11 Å². The van der Waals surface area contributed by atoms with E-state index >= 15 is 0 Å². The van der Waals surface area contributed by atoms with Crippen LogP contribution in [0.5, 0.6) is 5.75 Å². The van der Waals surface area contributed by atoms with Crippen molar-refractivity contribution in [3.05, 3.63) is 163 Å². The van der Waals surface area contributed by atoms with Crippen molar-refractivity contribution in [3.63, 3.8) is 0 Å². The third-order valence-corrected chi connectivity index (χ3v) is 10.4. The predicted octanol–water partition coefficient (Wildman–Crippen LogP) is 13.1. The fraction of sp³-hybridized carbons (Fsp3) is 0.0213. The highest BCUT2D eigenvalue weighted by molar-refractivity contribution is 6.40. The molecule has 1 heteroatoms. The highest BCUT2D eigenvalue weighted by atomic mass is 16.3. The largest absolute Gasteiger partial charge is 0.507 e. The van der Waals surface area contributed by atoms with E-state index in [4.69, 9.17) is 0 Å². The highest BCUT2D eigenvalue weighted by Gasteiger charge is 2.17. The Hall–Kier alpha value is -6.18. The first-order chi connectivity index (χ1) is 23.6. The van der Waals surface area contributed by atoms with E-state index in [0.29, 0.717) is 5.75 Å². The summed E-state index contributed by atoms with van der Waals surface area (Å²) >= 11 is 0. The van der Waals surface area contributed by atoms with Gasteiger partial charge in [0.05, 0.1) is 0 Å². The lowest BCUT2D eigenvalue weighted by molar-refractivity contribution is 0.483. The molecule has 0 aliphatic rings. The molecule has 48 heavy (non-hydrogen) atoms. The summed E-state index contributed by atoms with van der Waals surface area (Å²) in [6, 6.07) is 56.9. The van der Waals surface area contributed by atoms with Gasteiger partial charge in [0.2, 0.25) is 0 Å². The Balaban J connectivity index is 1.14. The van der Waals surface area contributed by atoms with Crippen molar-refractivity contribution in [1.82, 2.24) is 0 Å². The predicted molar refractivity (Wildman–Crippen MR) is 205 cm³/mol. The minimum Gasteiger partial charge on any atom is -0.507 e. The zero-order valence-corrected chi connectivity index (χ0v) is 26.5. The topological polar surface area (TPSA) is 20.2 Å². The van der Waals surface area contributed by atoms with Crippen LogP contribution in [0.2, 0.25) is 0 Å². The summed E-state index contributed by atoms with van der Waals surface area (Å²) in [5.74, 6) is 0.330. The first kappa shape index (κ1) is 27.0. The van der Waals surface area contributed by atoms with Crippen LogP contribution >= 0.6 is 0 Å². The smallest absolute Gasteiger partial charge is 0.131 e. The van der Waals surface area contributed by atoms with Crippen LogP contribution in [0.3, 0.4) is 0 Å². The van der Waals surface area contributed by atoms with E-state index < -0.39 is 0 Å². The molecule has 0 bridgehead atoms. The van der Waals surface area contributed by atoms with Crippen LogP contribution in [0.15, 0.2) is 158 Å². The molecule has 0 fully saturated rings. The molecule has 0 amide bonds. The Bertz CT molecular complexity index is 2910. The lowest BCUT2D eigenvalue weighted by Crippen LogP contribution is -1.90. The highest BCUT2D eigenvalue weighted by Crippen LogP contribution is 2.45. The molecule has 0 heterocycles. The number of phenolic OH excluding ortho intramolecular Hbond substituents is 1. The first-order valence-electron chi connectivity index (χ1n) is 16.6. The molecular formula is C47H30O. The SMILES string of the molecule is Cc1ccc(-c2cccc(-c3ccc4c(c3)c3cccc5c6ccccc6c6cccc4c6c53)c2)cc1-c1ccc2ccccc2c1O. The Kier molecular flexibility index (Phi) is 5.71. The minimum atomic E-state index is 0.330. The van der Waals surface area contributed by atoms with E-state index in [0.717, 1.165) is 38.6 Å². The van der Waals surface area contributed by atoms with Gasteiger partial charge in [-0.1, -0.05) is 140 Å². The maximum atomic E-state index is 11.3. The van der Waals surface area contributed by atoms with Gasteiger partial charge in [-0.05, 0) is 118 Å². The van der Waals surface area contributed by atoms with E-state index in [2.05, 4.69) is 134 Å². The quantitative estimate of drug-likeness (QED) is 0.156. The summed E-state index contributed by atoms with van der Waals surface area (Å²) in [6.45, 7) is 2.11. The van der Waals surface area contributed by atoms with Crippen molar-refractivity contribution in [2.45, 2.75) is 6.92 Å². The van der Waals surface area contributed by atoms with Gasteiger partial charge in [0.15, 0.2) is 0 Å². The van der Waals surface area contributed by atoms with Crippen LogP contribution in [-0.2, 0) is 0 Å². The number of rotatable bonds is 3. The fourth-order valence-electron chi connectivity index (χ4n) is 8.12. The standard InChI is InChI=1S/C47H30O/c1-28-19-20-32(26-43(28)42-24-21-29-9-2-3-12-34(29)47(42)48)30-10-6-11-31(25-30)33-22-23-37-40-17-7-15-38-35-13-4-5-14-36(35)39-16-8-18-41(44(37)27-33)46(39)45(38)40/h2-27,48H,1H3. The number of fused-ring (bicyclic) bond motifs is 7. The van der Waals surface area contributed by atoms with Crippen molar-refractivity contribution < 1.29 is 5.11 Å². The average molecular weight is 611 g/mol. The number of hydrogen-bond acceptors (Lipinski definition) is 1. The molecule has 0 radical (unpaired) electrons. The Morgan fingerprint density at radius 1 is 0.333 bits per heavy atom. The molecule has 0 aliphatic heterocycles. The van der Waals surface area contributed by atoms with E-state index in [1.165, 1.54) is 65.0 Å². The molecule has 0 saturated carbocycles. The summed E-state index contributed by atoms with van der Waals surface area (Å²) < 4.78 is 0. The van der Waals surface area contributed by atoms with E-state index in [1.807, 2.05) is 30.3 Å². The second kappa shape index (κ2) is 10.2. The molecule has 1 nitrogen and oxygen atoms in total. The zero-order chi connectivity index (χ0) is 31.9. The summed E-state index contributed by atoms with van der Waals surface area (Å²) in [5, 5.41) is 26.3. The number of benzene rings is 10. The van der Waals surface area contributed by atoms with Gasteiger partial charge in [-0.15, -0.1) is 0 Å². The fourth-order valence-corrected chi connectivity index (χ4v) is 8.12. The van der Waals surface area contributed by atoms with Crippen LogP contribution in [0.4, 0.5) is 0 Å². The molecule has 10 rings (SSSR count). The molecule has 0 unspecified atom stereocenters. The summed E-state index contributed by atoms with van der Waals surface area (Å²) in [7, 11) is 0. The number of phenols is 1. The summed E-state index contributed by atoms with van der Waals surface area (Å²) in [6.07, 6.45) is 0. The number of aryl methyl sites for hydroxylation is 1. The molecule has 0 spiro atoms. The van der Waals surface area contributed by atoms with Crippen molar-refractivity contribution in [2.75, 3.05) is 0 Å². The minimum absolute atomic E-state index is 0.330. The Morgan fingerprint density at radius 3 is 1.52 bits per heavy atom. The van der Waals surface area contributed by atoms with Crippen molar-refractivity contribution >= 4 is 64.6 Å². The monoisotopic (exact) mass is 610 g/mol. The van der Waals surface area contributed by atoms with Crippen LogP contribution in [0, 0.1) is 6.92 Å². The average Bonchev–Trinajstić information content (AvgIpc) is 3.15. The lowest BCUT2D eigenvalue weighted by atomic mass is 9.85. The normalized spacial score (nSPS) is 11.9. The van der Waals surface area contributed by atoms with Crippen molar-refractivity contribution in [2.24, 2.45) is 0 Å². The number of aromatic hydroxyl groups is 1. The van der Waals surface area contributed by atoms with E-state index in [-0.39, 0.29) is 0 Å². The molecule has 0 saturated heterocycles. The molecule has 224 valence electrons. The van der Waals surface area contributed by atoms with Gasteiger partial charge in [0.1, 0.15) is 5.75 Å². The third kappa shape index (κ3) is 3.85. The van der Waals surface area contributed by atoms with Gasteiger partial charge in [-0.3, -0.25) is 0 Å². The summed E-state index contributed by atoms with van der Waals surface area (Å²) in [4.78, 5) is 0. The van der Waals surface area contributed by atoms with E-state index in [1.54, 1.807) is 0 Å². The van der Waals surface area contributed by atoms with Crippen LogP contribution in [0.25, 0.3) is 98.0 Å². The first-order valence-corrected chi connectivity index (χ1v) is 16.6. The second-order valence-electron chi connectivity index (χ2n) is 13.1. The van der Waals surface area contributed by atoms with Gasteiger partial charge in [-0.2, -0.15) is 0 Å².